The molecule has 1 amide bonds. The molecule has 0 spiro atoms. The van der Waals surface area contributed by atoms with E-state index in [2.05, 4.69) is 5.32 Å². The lowest BCUT2D eigenvalue weighted by molar-refractivity contribution is -0.125. The zero-order valence-corrected chi connectivity index (χ0v) is 12.9. The number of anilines is 1. The van der Waals surface area contributed by atoms with Crippen LogP contribution in [0.25, 0.3) is 10.8 Å². The Kier molecular flexibility index (Phi) is 3.50. The van der Waals surface area contributed by atoms with Gasteiger partial charge in [-0.25, -0.2) is 4.79 Å². The molecule has 0 saturated heterocycles. The number of carbonyl (C=O) groups is 2. The van der Waals surface area contributed by atoms with Crippen LogP contribution in [-0.4, -0.2) is 18.0 Å². The molecule has 4 heteroatoms. The fourth-order valence-corrected chi connectivity index (χ4v) is 2.97. The maximum Gasteiger partial charge on any atom is 0.339 e. The van der Waals surface area contributed by atoms with Gasteiger partial charge in [0.2, 0.25) is 0 Å². The molecule has 1 unspecified atom stereocenters. The molecule has 0 bridgehead atoms. The second-order valence-electron chi connectivity index (χ2n) is 5.81. The van der Waals surface area contributed by atoms with E-state index >= 15 is 0 Å². The number of hydrogen-bond donors (Lipinski definition) is 1. The van der Waals surface area contributed by atoms with Crippen LogP contribution in [0.1, 0.15) is 15.9 Å². The van der Waals surface area contributed by atoms with E-state index in [0.29, 0.717) is 17.7 Å². The van der Waals surface area contributed by atoms with Gasteiger partial charge in [0, 0.05) is 12.1 Å². The second kappa shape index (κ2) is 5.81. The normalized spacial score (nSPS) is 16.3. The Morgan fingerprint density at radius 2 is 1.71 bits per heavy atom. The largest absolute Gasteiger partial charge is 0.448 e. The standard InChI is InChI=1S/C20H15NO3/c22-19(18-12-15-7-3-4-8-17(15)20(23)24-18)21-16-10-9-13-5-1-2-6-14(13)11-16/h1-11,18H,12H2,(H,21,22). The van der Waals surface area contributed by atoms with E-state index in [0.717, 1.165) is 16.3 Å². The molecule has 0 fully saturated rings. The predicted molar refractivity (Wildman–Crippen MR) is 91.9 cm³/mol. The minimum Gasteiger partial charge on any atom is -0.448 e. The van der Waals surface area contributed by atoms with Crippen LogP contribution >= 0.6 is 0 Å². The third-order valence-electron chi connectivity index (χ3n) is 4.20. The molecule has 118 valence electrons. The van der Waals surface area contributed by atoms with Crippen LogP contribution in [0.4, 0.5) is 5.69 Å². The number of cyclic esters (lactones) is 1. The highest BCUT2D eigenvalue weighted by Gasteiger charge is 2.31. The Bertz CT molecular complexity index is 948. The van der Waals surface area contributed by atoms with Crippen LogP contribution in [-0.2, 0) is 16.0 Å². The average Bonchev–Trinajstić information content (AvgIpc) is 2.61. The quantitative estimate of drug-likeness (QED) is 0.735. The molecule has 0 saturated carbocycles. The monoisotopic (exact) mass is 317 g/mol. The summed E-state index contributed by atoms with van der Waals surface area (Å²) in [7, 11) is 0. The molecule has 1 heterocycles. The molecule has 0 aromatic heterocycles. The molecule has 1 aliphatic heterocycles. The molecule has 3 aromatic carbocycles. The minimum atomic E-state index is -0.807. The lowest BCUT2D eigenvalue weighted by atomic mass is 9.98. The summed E-state index contributed by atoms with van der Waals surface area (Å²) in [5.41, 5.74) is 2.06. The molecular formula is C20H15NO3. The molecule has 4 nitrogen and oxygen atoms in total. The summed E-state index contributed by atoms with van der Waals surface area (Å²) in [6.45, 7) is 0. The summed E-state index contributed by atoms with van der Waals surface area (Å²) in [5.74, 6) is -0.761. The summed E-state index contributed by atoms with van der Waals surface area (Å²) >= 11 is 0. The summed E-state index contributed by atoms with van der Waals surface area (Å²) in [4.78, 5) is 24.5. The Hall–Kier alpha value is -3.14. The predicted octanol–water partition coefficient (Wildman–Crippen LogP) is 3.56. The number of esters is 1. The van der Waals surface area contributed by atoms with Crippen LogP contribution in [0.2, 0.25) is 0 Å². The maximum absolute atomic E-state index is 12.5. The van der Waals surface area contributed by atoms with E-state index in [4.69, 9.17) is 4.74 Å². The SMILES string of the molecule is O=C1OC(C(=O)Nc2ccc3ccccc3c2)Cc2ccccc21. The number of amides is 1. The number of hydrogen-bond acceptors (Lipinski definition) is 3. The molecule has 0 radical (unpaired) electrons. The van der Waals surface area contributed by atoms with Gasteiger partial charge in [-0.05, 0) is 34.5 Å². The van der Waals surface area contributed by atoms with Crippen LogP contribution in [0.15, 0.2) is 66.7 Å². The van der Waals surface area contributed by atoms with Crippen molar-refractivity contribution in [1.82, 2.24) is 0 Å². The molecular weight excluding hydrogens is 302 g/mol. The van der Waals surface area contributed by atoms with Crippen molar-refractivity contribution < 1.29 is 14.3 Å². The van der Waals surface area contributed by atoms with E-state index in [1.165, 1.54) is 0 Å². The average molecular weight is 317 g/mol. The van der Waals surface area contributed by atoms with E-state index in [1.54, 1.807) is 12.1 Å². The maximum atomic E-state index is 12.5. The molecule has 3 aromatic rings. The van der Waals surface area contributed by atoms with Crippen molar-refractivity contribution in [3.8, 4) is 0 Å². The lowest BCUT2D eigenvalue weighted by Gasteiger charge is -2.23. The van der Waals surface area contributed by atoms with Crippen LogP contribution in [0.3, 0.4) is 0 Å². The number of benzene rings is 3. The minimum absolute atomic E-state index is 0.312. The second-order valence-corrected chi connectivity index (χ2v) is 5.81. The summed E-state index contributed by atoms with van der Waals surface area (Å²) < 4.78 is 5.28. The molecule has 1 N–H and O–H groups in total. The van der Waals surface area contributed by atoms with Crippen molar-refractivity contribution in [3.05, 3.63) is 77.9 Å². The zero-order chi connectivity index (χ0) is 16.5. The zero-order valence-electron chi connectivity index (χ0n) is 12.9. The highest BCUT2D eigenvalue weighted by atomic mass is 16.5. The van der Waals surface area contributed by atoms with Gasteiger partial charge < -0.3 is 10.1 Å². The Labute approximate surface area is 139 Å². The van der Waals surface area contributed by atoms with Crippen molar-refractivity contribution in [3.63, 3.8) is 0 Å². The molecule has 1 aliphatic rings. The van der Waals surface area contributed by atoms with Crippen molar-refractivity contribution in [2.24, 2.45) is 0 Å². The topological polar surface area (TPSA) is 55.4 Å². The molecule has 1 atom stereocenters. The summed E-state index contributed by atoms with van der Waals surface area (Å²) in [6.07, 6.45) is -0.416. The number of nitrogens with one attached hydrogen (secondary N) is 1. The van der Waals surface area contributed by atoms with Gasteiger partial charge in [-0.3, -0.25) is 4.79 Å². The first-order valence-corrected chi connectivity index (χ1v) is 7.79. The van der Waals surface area contributed by atoms with E-state index in [1.807, 2.05) is 54.6 Å². The number of fused-ring (bicyclic) bond motifs is 2. The summed E-state index contributed by atoms with van der Waals surface area (Å²) in [6, 6.07) is 20.8. The van der Waals surface area contributed by atoms with Crippen molar-refractivity contribution in [2.75, 3.05) is 5.32 Å². The first-order valence-electron chi connectivity index (χ1n) is 7.79. The first kappa shape index (κ1) is 14.5. The first-order chi connectivity index (χ1) is 11.7. The van der Waals surface area contributed by atoms with E-state index in [9.17, 15) is 9.59 Å². The van der Waals surface area contributed by atoms with Gasteiger partial charge in [-0.2, -0.15) is 0 Å². The van der Waals surface area contributed by atoms with Crippen LogP contribution < -0.4 is 5.32 Å². The van der Waals surface area contributed by atoms with E-state index in [-0.39, 0.29) is 5.91 Å². The van der Waals surface area contributed by atoms with Gasteiger partial charge in [0.1, 0.15) is 0 Å². The Balaban J connectivity index is 1.55. The Morgan fingerprint density at radius 1 is 0.958 bits per heavy atom. The fourth-order valence-electron chi connectivity index (χ4n) is 2.97. The molecule has 24 heavy (non-hydrogen) atoms. The number of rotatable bonds is 2. The van der Waals surface area contributed by atoms with Crippen LogP contribution in [0, 0.1) is 0 Å². The lowest BCUT2D eigenvalue weighted by Crippen LogP contribution is -2.37. The number of carbonyl (C=O) groups excluding carboxylic acids is 2. The Morgan fingerprint density at radius 3 is 2.58 bits per heavy atom. The van der Waals surface area contributed by atoms with Gasteiger partial charge in [0.25, 0.3) is 5.91 Å². The third kappa shape index (κ3) is 2.63. The molecule has 4 rings (SSSR count). The fraction of sp³-hybridized carbons (Fsp3) is 0.100. The van der Waals surface area contributed by atoms with Gasteiger partial charge in [0.15, 0.2) is 6.10 Å². The van der Waals surface area contributed by atoms with Crippen molar-refractivity contribution >= 4 is 28.3 Å². The van der Waals surface area contributed by atoms with Gasteiger partial charge >= 0.3 is 5.97 Å². The number of ether oxygens (including phenoxy) is 1. The highest BCUT2D eigenvalue weighted by Crippen LogP contribution is 2.23. The van der Waals surface area contributed by atoms with Gasteiger partial charge in [-0.15, -0.1) is 0 Å². The van der Waals surface area contributed by atoms with Gasteiger partial charge in [-0.1, -0.05) is 48.5 Å². The van der Waals surface area contributed by atoms with E-state index < -0.39 is 12.1 Å². The van der Waals surface area contributed by atoms with Crippen LogP contribution in [0.5, 0.6) is 0 Å². The third-order valence-corrected chi connectivity index (χ3v) is 4.20. The van der Waals surface area contributed by atoms with Crippen molar-refractivity contribution in [2.45, 2.75) is 12.5 Å². The molecule has 0 aliphatic carbocycles. The smallest absolute Gasteiger partial charge is 0.339 e. The summed E-state index contributed by atoms with van der Waals surface area (Å²) in [5, 5.41) is 4.99. The van der Waals surface area contributed by atoms with Crippen molar-refractivity contribution in [1.29, 1.82) is 0 Å². The van der Waals surface area contributed by atoms with Gasteiger partial charge in [0.05, 0.1) is 5.56 Å². The highest BCUT2D eigenvalue weighted by molar-refractivity contribution is 6.01.